The molecule has 88 valence electrons. The first-order valence-electron chi connectivity index (χ1n) is 5.24. The normalized spacial score (nSPS) is 22.5. The lowest BCUT2D eigenvalue weighted by Gasteiger charge is -2.19. The van der Waals surface area contributed by atoms with Crippen molar-refractivity contribution >= 4 is 21.6 Å². The summed E-state index contributed by atoms with van der Waals surface area (Å²) in [6.07, 6.45) is 1.56. The number of hydrogen-bond donors (Lipinski definition) is 0. The number of benzene rings is 1. The zero-order valence-electron chi connectivity index (χ0n) is 9.06. The van der Waals surface area contributed by atoms with Gasteiger partial charge in [0.2, 0.25) is 10.0 Å². The fraction of sp³-hybridized carbons (Fsp3) is 0.455. The Morgan fingerprint density at radius 3 is 2.44 bits per heavy atom. The van der Waals surface area contributed by atoms with Crippen LogP contribution in [0, 0.1) is 6.92 Å². The van der Waals surface area contributed by atoms with Gasteiger partial charge in [0.05, 0.1) is 10.4 Å². The number of aryl methyl sites for hydroxylation is 1. The topological polar surface area (TPSA) is 37.4 Å². The molecule has 0 saturated carbocycles. The molecule has 1 aromatic rings. The Morgan fingerprint density at radius 2 is 1.94 bits per heavy atom. The van der Waals surface area contributed by atoms with E-state index in [1.165, 1.54) is 4.31 Å². The molecule has 2 rings (SSSR count). The van der Waals surface area contributed by atoms with Crippen LogP contribution in [0.1, 0.15) is 18.4 Å². The van der Waals surface area contributed by atoms with E-state index in [-0.39, 0.29) is 0 Å². The molecule has 1 fully saturated rings. The predicted octanol–water partition coefficient (Wildman–Crippen LogP) is 2.34. The van der Waals surface area contributed by atoms with Crippen LogP contribution >= 0.6 is 11.6 Å². The molecule has 1 aromatic carbocycles. The molecule has 0 aromatic heterocycles. The molecule has 1 atom stereocenters. The molecular weight excluding hydrogens is 246 g/mol. The van der Waals surface area contributed by atoms with Crippen molar-refractivity contribution in [3.05, 3.63) is 29.8 Å². The Bertz CT molecular complexity index is 469. The Hall–Kier alpha value is -0.580. The van der Waals surface area contributed by atoms with Gasteiger partial charge >= 0.3 is 0 Å². The van der Waals surface area contributed by atoms with E-state index in [1.54, 1.807) is 24.3 Å². The maximum absolute atomic E-state index is 12.2. The molecule has 1 aliphatic rings. The molecule has 1 heterocycles. The highest BCUT2D eigenvalue weighted by molar-refractivity contribution is 7.89. The predicted molar refractivity (Wildman–Crippen MR) is 63.9 cm³/mol. The zero-order chi connectivity index (χ0) is 11.8. The van der Waals surface area contributed by atoms with Crippen LogP contribution in [0.2, 0.25) is 0 Å². The highest BCUT2D eigenvalue weighted by Gasteiger charge is 2.33. The minimum absolute atomic E-state index is 0.325. The number of sulfonamides is 1. The smallest absolute Gasteiger partial charge is 0.207 e. The van der Waals surface area contributed by atoms with Crippen molar-refractivity contribution in [1.29, 1.82) is 0 Å². The number of hydrogen-bond acceptors (Lipinski definition) is 2. The van der Waals surface area contributed by atoms with Crippen LogP contribution in [0.5, 0.6) is 0 Å². The van der Waals surface area contributed by atoms with Crippen molar-refractivity contribution in [3.63, 3.8) is 0 Å². The van der Waals surface area contributed by atoms with Crippen LogP contribution in [-0.2, 0) is 10.0 Å². The van der Waals surface area contributed by atoms with Gasteiger partial charge in [0.25, 0.3) is 0 Å². The van der Waals surface area contributed by atoms with Gasteiger partial charge in [-0.3, -0.25) is 0 Å². The number of halogens is 1. The molecule has 1 saturated heterocycles. The van der Waals surface area contributed by atoms with E-state index >= 15 is 0 Å². The Morgan fingerprint density at radius 1 is 1.31 bits per heavy atom. The van der Waals surface area contributed by atoms with E-state index in [0.717, 1.165) is 18.4 Å². The number of nitrogens with zero attached hydrogens (tertiary/aromatic N) is 1. The van der Waals surface area contributed by atoms with Crippen LogP contribution in [-0.4, -0.2) is 24.8 Å². The summed E-state index contributed by atoms with van der Waals surface area (Å²) in [6.45, 7) is 2.45. The van der Waals surface area contributed by atoms with Gasteiger partial charge in [-0.25, -0.2) is 8.42 Å². The second kappa shape index (κ2) is 4.35. The molecule has 0 spiro atoms. The minimum atomic E-state index is -3.40. The van der Waals surface area contributed by atoms with Gasteiger partial charge in [-0.2, -0.15) is 4.31 Å². The van der Waals surface area contributed by atoms with E-state index in [2.05, 4.69) is 0 Å². The van der Waals surface area contributed by atoms with Crippen molar-refractivity contribution in [2.75, 3.05) is 6.54 Å². The minimum Gasteiger partial charge on any atom is -0.207 e. The second-order valence-corrected chi connectivity index (χ2v) is 6.40. The summed E-state index contributed by atoms with van der Waals surface area (Å²) in [7, 11) is -3.40. The number of alkyl halides is 1. The van der Waals surface area contributed by atoms with Crippen molar-refractivity contribution in [3.8, 4) is 0 Å². The lowest BCUT2D eigenvalue weighted by Crippen LogP contribution is -2.32. The zero-order valence-corrected chi connectivity index (χ0v) is 10.6. The Labute approximate surface area is 101 Å². The van der Waals surface area contributed by atoms with Gasteiger partial charge in [0.1, 0.15) is 0 Å². The fourth-order valence-corrected chi connectivity index (χ4v) is 3.91. The molecular formula is C11H14ClNO2S. The summed E-state index contributed by atoms with van der Waals surface area (Å²) < 4.78 is 25.8. The molecule has 1 aliphatic heterocycles. The van der Waals surface area contributed by atoms with Crippen molar-refractivity contribution in [2.45, 2.75) is 30.2 Å². The maximum atomic E-state index is 12.2. The molecule has 1 unspecified atom stereocenters. The van der Waals surface area contributed by atoms with Gasteiger partial charge in [0.15, 0.2) is 0 Å². The average molecular weight is 260 g/mol. The first-order chi connectivity index (χ1) is 7.51. The Balaban J connectivity index is 2.35. The standard InChI is InChI=1S/C11H14ClNO2S/c1-9-4-6-10(7-5-9)16(14,15)13-8-2-3-11(13)12/h4-7,11H,2-3,8H2,1H3. The molecule has 3 nitrogen and oxygen atoms in total. The van der Waals surface area contributed by atoms with Gasteiger partial charge in [0, 0.05) is 6.54 Å². The first kappa shape index (κ1) is 11.9. The van der Waals surface area contributed by atoms with Crippen molar-refractivity contribution in [2.24, 2.45) is 0 Å². The summed E-state index contributed by atoms with van der Waals surface area (Å²) >= 11 is 5.99. The van der Waals surface area contributed by atoms with Crippen LogP contribution in [0.4, 0.5) is 0 Å². The molecule has 0 aliphatic carbocycles. The first-order valence-corrected chi connectivity index (χ1v) is 7.12. The number of rotatable bonds is 2. The maximum Gasteiger partial charge on any atom is 0.244 e. The van der Waals surface area contributed by atoms with E-state index in [4.69, 9.17) is 11.6 Å². The summed E-state index contributed by atoms with van der Waals surface area (Å²) in [5, 5.41) is 0. The van der Waals surface area contributed by atoms with Crippen LogP contribution < -0.4 is 0 Å². The van der Waals surface area contributed by atoms with Crippen LogP contribution in [0.15, 0.2) is 29.2 Å². The lowest BCUT2D eigenvalue weighted by molar-refractivity contribution is 0.455. The SMILES string of the molecule is Cc1ccc(S(=O)(=O)N2CCCC2Cl)cc1. The molecule has 0 bridgehead atoms. The molecule has 0 N–H and O–H groups in total. The highest BCUT2D eigenvalue weighted by Crippen LogP contribution is 2.27. The van der Waals surface area contributed by atoms with E-state index in [9.17, 15) is 8.42 Å². The van der Waals surface area contributed by atoms with E-state index in [1.807, 2.05) is 6.92 Å². The third-order valence-corrected chi connectivity index (χ3v) is 5.25. The Kier molecular flexibility index (Phi) is 3.24. The quantitative estimate of drug-likeness (QED) is 0.604. The third kappa shape index (κ3) is 2.10. The van der Waals surface area contributed by atoms with Crippen LogP contribution in [0.25, 0.3) is 0 Å². The molecule has 0 radical (unpaired) electrons. The fourth-order valence-electron chi connectivity index (χ4n) is 1.82. The lowest BCUT2D eigenvalue weighted by atomic mass is 10.2. The second-order valence-electron chi connectivity index (χ2n) is 4.01. The third-order valence-electron chi connectivity index (χ3n) is 2.76. The highest BCUT2D eigenvalue weighted by atomic mass is 35.5. The molecule has 0 amide bonds. The average Bonchev–Trinajstić information content (AvgIpc) is 2.66. The summed E-state index contributed by atoms with van der Waals surface area (Å²) in [6, 6.07) is 6.86. The van der Waals surface area contributed by atoms with Crippen LogP contribution in [0.3, 0.4) is 0 Å². The van der Waals surface area contributed by atoms with Crippen molar-refractivity contribution in [1.82, 2.24) is 4.31 Å². The molecule has 16 heavy (non-hydrogen) atoms. The summed E-state index contributed by atoms with van der Waals surface area (Å²) in [5.74, 6) is 0. The van der Waals surface area contributed by atoms with E-state index in [0.29, 0.717) is 11.4 Å². The van der Waals surface area contributed by atoms with Gasteiger partial charge in [-0.15, -0.1) is 11.6 Å². The van der Waals surface area contributed by atoms with Gasteiger partial charge < -0.3 is 0 Å². The monoisotopic (exact) mass is 259 g/mol. The van der Waals surface area contributed by atoms with Gasteiger partial charge in [-0.1, -0.05) is 17.7 Å². The largest absolute Gasteiger partial charge is 0.244 e. The molecule has 5 heteroatoms. The summed E-state index contributed by atoms with van der Waals surface area (Å²) in [4.78, 5) is 0.325. The van der Waals surface area contributed by atoms with Crippen molar-refractivity contribution < 1.29 is 8.42 Å². The van der Waals surface area contributed by atoms with Gasteiger partial charge in [-0.05, 0) is 31.9 Å². The summed E-state index contributed by atoms with van der Waals surface area (Å²) in [5.41, 5.74) is 0.647. The van der Waals surface area contributed by atoms with E-state index < -0.39 is 15.5 Å².